The second-order valence-electron chi connectivity index (χ2n) is 8.07. The summed E-state index contributed by atoms with van der Waals surface area (Å²) in [5.74, 6) is 6.46. The maximum atomic E-state index is 2.45. The summed E-state index contributed by atoms with van der Waals surface area (Å²) in [6, 6.07) is 0. The normalized spacial score (nSPS) is 42.2. The number of hydrogen-bond donors (Lipinski definition) is 0. The van der Waals surface area contributed by atoms with Crippen molar-refractivity contribution in [3.63, 3.8) is 0 Å². The van der Waals surface area contributed by atoms with Crippen LogP contribution in [-0.4, -0.2) is 0 Å². The van der Waals surface area contributed by atoms with E-state index < -0.39 is 0 Å². The summed E-state index contributed by atoms with van der Waals surface area (Å²) in [4.78, 5) is 0. The van der Waals surface area contributed by atoms with Crippen LogP contribution in [0.15, 0.2) is 0 Å². The highest BCUT2D eigenvalue weighted by Gasteiger charge is 2.39. The molecule has 3 saturated carbocycles. The molecule has 0 N–H and O–H groups in total. The second kappa shape index (κ2) is 5.55. The first-order chi connectivity index (χ1) is 8.72. The summed E-state index contributed by atoms with van der Waals surface area (Å²) in [7, 11) is 0. The molecular formula is C18H32. The van der Waals surface area contributed by atoms with E-state index in [1.54, 1.807) is 44.9 Å². The van der Waals surface area contributed by atoms with E-state index in [-0.39, 0.29) is 0 Å². The van der Waals surface area contributed by atoms with Crippen LogP contribution in [0.5, 0.6) is 0 Å². The molecule has 0 heterocycles. The summed E-state index contributed by atoms with van der Waals surface area (Å²) in [6.07, 6.45) is 15.6. The Morgan fingerprint density at radius 1 is 0.667 bits per heavy atom. The van der Waals surface area contributed by atoms with E-state index in [2.05, 4.69) is 13.8 Å². The molecule has 0 aromatic rings. The summed E-state index contributed by atoms with van der Waals surface area (Å²) >= 11 is 0. The molecule has 0 aromatic carbocycles. The van der Waals surface area contributed by atoms with Crippen molar-refractivity contribution in [3.8, 4) is 0 Å². The monoisotopic (exact) mass is 248 g/mol. The number of fused-ring (bicyclic) bond motifs is 2. The van der Waals surface area contributed by atoms with Crippen molar-refractivity contribution in [3.05, 3.63) is 0 Å². The molecule has 0 amide bonds. The molecule has 104 valence electrons. The van der Waals surface area contributed by atoms with E-state index in [4.69, 9.17) is 0 Å². The predicted molar refractivity (Wildman–Crippen MR) is 78.5 cm³/mol. The van der Waals surface area contributed by atoms with E-state index in [0.29, 0.717) is 0 Å². The summed E-state index contributed by atoms with van der Waals surface area (Å²) in [5, 5.41) is 0. The second-order valence-corrected chi connectivity index (χ2v) is 8.07. The molecular weight excluding hydrogens is 216 g/mol. The van der Waals surface area contributed by atoms with E-state index in [0.717, 1.165) is 35.5 Å². The van der Waals surface area contributed by atoms with Gasteiger partial charge in [-0.15, -0.1) is 0 Å². The van der Waals surface area contributed by atoms with Gasteiger partial charge >= 0.3 is 0 Å². The summed E-state index contributed by atoms with van der Waals surface area (Å²) in [6.45, 7) is 4.90. The fourth-order valence-corrected chi connectivity index (χ4v) is 5.49. The van der Waals surface area contributed by atoms with Gasteiger partial charge in [-0.25, -0.2) is 0 Å². The Hall–Kier alpha value is 0. The topological polar surface area (TPSA) is 0 Å². The SMILES string of the molecule is CC(C)C1C[C@@H]2CC(C3CCCCC3)C[C@H](C1)C2. The van der Waals surface area contributed by atoms with Crippen LogP contribution >= 0.6 is 0 Å². The van der Waals surface area contributed by atoms with Crippen LogP contribution in [0.3, 0.4) is 0 Å². The van der Waals surface area contributed by atoms with Gasteiger partial charge < -0.3 is 0 Å². The van der Waals surface area contributed by atoms with Crippen molar-refractivity contribution in [2.24, 2.45) is 35.5 Å². The summed E-state index contributed by atoms with van der Waals surface area (Å²) < 4.78 is 0. The van der Waals surface area contributed by atoms with Gasteiger partial charge in [0.05, 0.1) is 0 Å². The van der Waals surface area contributed by atoms with Crippen molar-refractivity contribution in [2.45, 2.75) is 78.1 Å². The standard InChI is InChI=1S/C18H32/c1-13(2)17-9-14-8-15(10-17)12-18(11-14)16-6-4-3-5-7-16/h13-18H,3-12H2,1-2H3/t14-,15+,17?,18?. The Kier molecular flexibility index (Phi) is 4.01. The number of hydrogen-bond acceptors (Lipinski definition) is 0. The van der Waals surface area contributed by atoms with Crippen molar-refractivity contribution in [2.75, 3.05) is 0 Å². The molecule has 3 aliphatic rings. The fourth-order valence-electron chi connectivity index (χ4n) is 5.49. The van der Waals surface area contributed by atoms with Gasteiger partial charge in [-0.1, -0.05) is 46.0 Å². The highest BCUT2D eigenvalue weighted by Crippen LogP contribution is 2.50. The van der Waals surface area contributed by atoms with Gasteiger partial charge in [0.2, 0.25) is 0 Å². The first-order valence-electron chi connectivity index (χ1n) is 8.72. The highest BCUT2D eigenvalue weighted by molar-refractivity contribution is 4.90. The van der Waals surface area contributed by atoms with Crippen molar-refractivity contribution in [1.29, 1.82) is 0 Å². The lowest BCUT2D eigenvalue weighted by Crippen LogP contribution is -2.35. The van der Waals surface area contributed by atoms with Gasteiger partial charge in [-0.05, 0) is 67.6 Å². The lowest BCUT2D eigenvalue weighted by molar-refractivity contribution is 0.0462. The lowest BCUT2D eigenvalue weighted by Gasteiger charge is -2.46. The number of rotatable bonds is 2. The molecule has 0 radical (unpaired) electrons. The quantitative estimate of drug-likeness (QED) is 0.591. The van der Waals surface area contributed by atoms with Crippen molar-refractivity contribution < 1.29 is 0 Å². The minimum Gasteiger partial charge on any atom is -0.0625 e. The van der Waals surface area contributed by atoms with Gasteiger partial charge in [0.1, 0.15) is 0 Å². The summed E-state index contributed by atoms with van der Waals surface area (Å²) in [5.41, 5.74) is 0. The van der Waals surface area contributed by atoms with Crippen LogP contribution in [0, 0.1) is 35.5 Å². The molecule has 18 heavy (non-hydrogen) atoms. The van der Waals surface area contributed by atoms with Crippen LogP contribution in [0.2, 0.25) is 0 Å². The molecule has 3 rings (SSSR count). The molecule has 4 atom stereocenters. The maximum absolute atomic E-state index is 2.45. The van der Waals surface area contributed by atoms with Gasteiger partial charge in [-0.2, -0.15) is 0 Å². The average molecular weight is 248 g/mol. The lowest BCUT2D eigenvalue weighted by atomic mass is 9.59. The third-order valence-corrected chi connectivity index (χ3v) is 6.47. The van der Waals surface area contributed by atoms with E-state index in [1.165, 1.54) is 19.3 Å². The third-order valence-electron chi connectivity index (χ3n) is 6.47. The Morgan fingerprint density at radius 3 is 1.83 bits per heavy atom. The largest absolute Gasteiger partial charge is 0.0625 e. The molecule has 2 unspecified atom stereocenters. The molecule has 0 aromatic heterocycles. The zero-order valence-electron chi connectivity index (χ0n) is 12.5. The van der Waals surface area contributed by atoms with Crippen molar-refractivity contribution >= 4 is 0 Å². The van der Waals surface area contributed by atoms with E-state index >= 15 is 0 Å². The maximum Gasteiger partial charge on any atom is -0.0381 e. The Balaban J connectivity index is 1.59. The third kappa shape index (κ3) is 2.78. The van der Waals surface area contributed by atoms with Crippen LogP contribution < -0.4 is 0 Å². The van der Waals surface area contributed by atoms with E-state index in [9.17, 15) is 0 Å². The highest BCUT2D eigenvalue weighted by atomic mass is 14.4. The Bertz CT molecular complexity index is 247. The molecule has 3 fully saturated rings. The van der Waals surface area contributed by atoms with Crippen LogP contribution in [0.1, 0.15) is 78.1 Å². The minimum atomic E-state index is 0.932. The van der Waals surface area contributed by atoms with Gasteiger partial charge in [0.15, 0.2) is 0 Å². The zero-order valence-corrected chi connectivity index (χ0v) is 12.5. The fraction of sp³-hybridized carbons (Fsp3) is 1.00. The smallest absolute Gasteiger partial charge is 0.0381 e. The minimum absolute atomic E-state index is 0.932. The van der Waals surface area contributed by atoms with Gasteiger partial charge in [0.25, 0.3) is 0 Å². The van der Waals surface area contributed by atoms with Gasteiger partial charge in [0, 0.05) is 0 Å². The predicted octanol–water partition coefficient (Wildman–Crippen LogP) is 5.67. The Labute approximate surface area is 114 Å². The molecule has 0 nitrogen and oxygen atoms in total. The van der Waals surface area contributed by atoms with Crippen LogP contribution in [0.4, 0.5) is 0 Å². The first-order valence-corrected chi connectivity index (χ1v) is 8.72. The van der Waals surface area contributed by atoms with Crippen LogP contribution in [0.25, 0.3) is 0 Å². The van der Waals surface area contributed by atoms with Crippen molar-refractivity contribution in [1.82, 2.24) is 0 Å². The molecule has 0 heteroatoms. The van der Waals surface area contributed by atoms with Crippen LogP contribution in [-0.2, 0) is 0 Å². The Morgan fingerprint density at radius 2 is 1.28 bits per heavy atom. The zero-order chi connectivity index (χ0) is 12.5. The molecule has 0 spiro atoms. The molecule has 2 bridgehead atoms. The average Bonchev–Trinajstić information content (AvgIpc) is 2.38. The first kappa shape index (κ1) is 13.0. The molecule has 3 aliphatic carbocycles. The van der Waals surface area contributed by atoms with E-state index in [1.807, 2.05) is 0 Å². The molecule has 0 aliphatic heterocycles. The van der Waals surface area contributed by atoms with Gasteiger partial charge in [-0.3, -0.25) is 0 Å². The molecule has 0 saturated heterocycles.